The van der Waals surface area contributed by atoms with Gasteiger partial charge < -0.3 is 22.3 Å². The monoisotopic (exact) mass is 434 g/mol. The van der Waals surface area contributed by atoms with E-state index in [9.17, 15) is 0 Å². The third-order valence-electron chi connectivity index (χ3n) is 5.05. The van der Waals surface area contributed by atoms with Gasteiger partial charge in [0.15, 0.2) is 11.6 Å². The van der Waals surface area contributed by atoms with E-state index in [4.69, 9.17) is 16.9 Å². The molecule has 0 bridgehead atoms. The van der Waals surface area contributed by atoms with Crippen LogP contribution in [0.1, 0.15) is 49.8 Å². The summed E-state index contributed by atoms with van der Waals surface area (Å²) in [6.07, 6.45) is 7.09. The Morgan fingerprint density at radius 1 is 1.23 bits per heavy atom. The zero-order valence-corrected chi connectivity index (χ0v) is 17.3. The van der Waals surface area contributed by atoms with Gasteiger partial charge in [0.05, 0.1) is 0 Å². The fraction of sp³-hybridized carbons (Fsp3) is 0.450. The molecule has 1 fully saturated rings. The van der Waals surface area contributed by atoms with Crippen molar-refractivity contribution in [2.24, 2.45) is 0 Å². The first-order valence-electron chi connectivity index (χ1n) is 8.98. The van der Waals surface area contributed by atoms with Gasteiger partial charge in [-0.2, -0.15) is 5.26 Å². The minimum Gasteiger partial charge on any atom is -1.00 e. The normalized spacial score (nSPS) is 19.3. The molecule has 0 amide bonds. The highest BCUT2D eigenvalue weighted by molar-refractivity contribution is 6.33. The summed E-state index contributed by atoms with van der Waals surface area (Å²) in [5, 5.41) is 13.1. The summed E-state index contributed by atoms with van der Waals surface area (Å²) >= 11 is 6.54. The maximum atomic E-state index is 8.92. The molecule has 1 aliphatic carbocycles. The molecule has 26 heavy (non-hydrogen) atoms. The average molecular weight is 436 g/mol. The van der Waals surface area contributed by atoms with Crippen LogP contribution >= 0.6 is 11.6 Å². The predicted molar refractivity (Wildman–Crippen MR) is 99.5 cm³/mol. The fourth-order valence-electron chi connectivity index (χ4n) is 3.68. The third-order valence-corrected chi connectivity index (χ3v) is 5.45. The van der Waals surface area contributed by atoms with Crippen LogP contribution in [0.4, 0.5) is 5.82 Å². The van der Waals surface area contributed by atoms with Crippen LogP contribution in [0, 0.1) is 11.3 Å². The molecule has 1 N–H and O–H groups in total. The van der Waals surface area contributed by atoms with Crippen molar-refractivity contribution in [2.45, 2.75) is 57.5 Å². The Morgan fingerprint density at radius 2 is 1.92 bits per heavy atom. The van der Waals surface area contributed by atoms with E-state index in [1.165, 1.54) is 18.4 Å². The topological polar surface area (TPSA) is 52.6 Å². The second-order valence-electron chi connectivity index (χ2n) is 6.60. The summed E-state index contributed by atoms with van der Waals surface area (Å²) in [7, 11) is 0. The number of halogens is 2. The van der Waals surface area contributed by atoms with Gasteiger partial charge in [-0.25, -0.2) is 4.57 Å². The van der Waals surface area contributed by atoms with Crippen LogP contribution in [0.3, 0.4) is 0 Å². The summed E-state index contributed by atoms with van der Waals surface area (Å²) in [5.74, 6) is 1.40. The van der Waals surface area contributed by atoms with E-state index in [0.717, 1.165) is 30.8 Å². The van der Waals surface area contributed by atoms with Crippen molar-refractivity contribution < 1.29 is 21.5 Å². The van der Waals surface area contributed by atoms with Gasteiger partial charge in [-0.05, 0) is 42.1 Å². The molecule has 1 aliphatic rings. The van der Waals surface area contributed by atoms with Gasteiger partial charge >= 0.3 is 0 Å². The fourth-order valence-corrected chi connectivity index (χ4v) is 4.02. The number of anilines is 1. The maximum absolute atomic E-state index is 8.92. The van der Waals surface area contributed by atoms with Crippen LogP contribution in [0.15, 0.2) is 36.7 Å². The molecule has 0 unspecified atom stereocenters. The average Bonchev–Trinajstić information content (AvgIpc) is 2.66. The van der Waals surface area contributed by atoms with Crippen molar-refractivity contribution in [3.63, 3.8) is 0 Å². The lowest BCUT2D eigenvalue weighted by atomic mass is 9.82. The van der Waals surface area contributed by atoms with E-state index in [1.54, 1.807) is 6.33 Å². The Labute approximate surface area is 171 Å². The summed E-state index contributed by atoms with van der Waals surface area (Å²) in [6.45, 7) is 2.32. The molecular weight excluding hydrogens is 412 g/mol. The lowest BCUT2D eigenvalue weighted by Gasteiger charge is -2.29. The standard InChI is InChI=1S/C20H23ClN4.BrH/c1-2-18-19(21)20(23-14-25(18)13-12-22)24-17-10-8-16(9-11-17)15-6-4-3-5-7-15;/h3-7,14,16-17H,2,8-11,13H2,1H3;1H/t16-,17+;. The highest BCUT2D eigenvalue weighted by Gasteiger charge is 2.25. The minimum atomic E-state index is 0. The molecule has 0 spiro atoms. The van der Waals surface area contributed by atoms with Crippen molar-refractivity contribution in [3.8, 4) is 6.07 Å². The molecule has 6 heteroatoms. The van der Waals surface area contributed by atoms with Crippen LogP contribution in [0.25, 0.3) is 0 Å². The van der Waals surface area contributed by atoms with E-state index in [1.807, 2.05) is 11.5 Å². The molecule has 0 radical (unpaired) electrons. The van der Waals surface area contributed by atoms with Crippen LogP contribution in [0.5, 0.6) is 0 Å². The van der Waals surface area contributed by atoms with E-state index < -0.39 is 0 Å². The molecule has 1 heterocycles. The Balaban J connectivity index is 0.00000243. The number of hydrogen-bond acceptors (Lipinski definition) is 3. The predicted octanol–water partition coefficient (Wildman–Crippen LogP) is 1.25. The molecule has 2 aromatic rings. The second kappa shape index (κ2) is 9.89. The maximum Gasteiger partial charge on any atom is 0.289 e. The molecule has 3 rings (SSSR count). The molecule has 0 saturated heterocycles. The smallest absolute Gasteiger partial charge is 0.289 e. The Morgan fingerprint density at radius 3 is 2.54 bits per heavy atom. The summed E-state index contributed by atoms with van der Waals surface area (Å²) in [5.41, 5.74) is 2.40. The van der Waals surface area contributed by atoms with E-state index >= 15 is 0 Å². The first-order chi connectivity index (χ1) is 12.2. The van der Waals surface area contributed by atoms with Crippen LogP contribution in [-0.4, -0.2) is 11.0 Å². The first kappa shape index (κ1) is 20.7. The molecule has 1 saturated carbocycles. The molecule has 1 aromatic carbocycles. The number of hydrogen-bond donors (Lipinski definition) is 1. The van der Waals surface area contributed by atoms with Crippen LogP contribution in [-0.2, 0) is 13.0 Å². The SMILES string of the molecule is CCc1c(Cl)c(N[C@H]2CC[C@@H](c3ccccc3)CC2)nc[n+]1CC#N.[Br-]. The quantitative estimate of drug-likeness (QED) is 0.719. The lowest BCUT2D eigenvalue weighted by Crippen LogP contribution is -3.00. The van der Waals surface area contributed by atoms with E-state index in [0.29, 0.717) is 17.0 Å². The van der Waals surface area contributed by atoms with Gasteiger partial charge in [0, 0.05) is 12.5 Å². The van der Waals surface area contributed by atoms with Crippen molar-refractivity contribution in [2.75, 3.05) is 5.32 Å². The van der Waals surface area contributed by atoms with Crippen molar-refractivity contribution in [1.29, 1.82) is 5.26 Å². The second-order valence-corrected chi connectivity index (χ2v) is 6.97. The van der Waals surface area contributed by atoms with Gasteiger partial charge in [0.1, 0.15) is 11.8 Å². The lowest BCUT2D eigenvalue weighted by molar-refractivity contribution is -0.695. The Bertz CT molecular complexity index is 752. The van der Waals surface area contributed by atoms with Gasteiger partial charge in [0.25, 0.3) is 12.1 Å². The number of nitrogens with one attached hydrogen (secondary N) is 1. The number of aromatic nitrogens is 2. The Hall–Kier alpha value is -1.64. The van der Waals surface area contributed by atoms with Gasteiger partial charge in [-0.15, -0.1) is 0 Å². The number of nitrogens with zero attached hydrogens (tertiary/aromatic N) is 3. The van der Waals surface area contributed by atoms with Crippen molar-refractivity contribution in [1.82, 2.24) is 4.98 Å². The van der Waals surface area contributed by atoms with E-state index in [2.05, 4.69) is 46.7 Å². The minimum absolute atomic E-state index is 0. The molecule has 138 valence electrons. The molecule has 4 nitrogen and oxygen atoms in total. The zero-order valence-electron chi connectivity index (χ0n) is 15.0. The summed E-state index contributed by atoms with van der Waals surface area (Å²) in [6, 6.07) is 13.3. The van der Waals surface area contributed by atoms with Crippen molar-refractivity contribution >= 4 is 17.4 Å². The Kier molecular flexibility index (Phi) is 7.86. The molecule has 0 atom stereocenters. The first-order valence-corrected chi connectivity index (χ1v) is 9.36. The van der Waals surface area contributed by atoms with Crippen LogP contribution in [0.2, 0.25) is 5.02 Å². The van der Waals surface area contributed by atoms with Gasteiger partial charge in [-0.3, -0.25) is 0 Å². The molecular formula is C20H24BrClN4. The number of rotatable bonds is 5. The molecule has 1 aromatic heterocycles. The van der Waals surface area contributed by atoms with Crippen molar-refractivity contribution in [3.05, 3.63) is 52.9 Å². The van der Waals surface area contributed by atoms with E-state index in [-0.39, 0.29) is 23.5 Å². The number of benzene rings is 1. The highest BCUT2D eigenvalue weighted by Crippen LogP contribution is 2.34. The summed E-state index contributed by atoms with van der Waals surface area (Å²) < 4.78 is 1.82. The third kappa shape index (κ3) is 4.75. The number of nitriles is 1. The zero-order chi connectivity index (χ0) is 17.6. The summed E-state index contributed by atoms with van der Waals surface area (Å²) in [4.78, 5) is 4.45. The molecule has 0 aliphatic heterocycles. The van der Waals surface area contributed by atoms with Gasteiger partial charge in [-0.1, -0.05) is 48.9 Å². The van der Waals surface area contributed by atoms with Gasteiger partial charge in [0.2, 0.25) is 0 Å². The largest absolute Gasteiger partial charge is 1.00 e. The highest BCUT2D eigenvalue weighted by atomic mass is 79.9. The van der Waals surface area contributed by atoms with Crippen LogP contribution < -0.4 is 26.9 Å².